The molecule has 2 heterocycles. The maximum absolute atomic E-state index is 14.4. The smallest absolute Gasteiger partial charge is 0.253 e. The minimum Gasteiger partial charge on any atom is -0.358 e. The van der Waals surface area contributed by atoms with Crippen LogP contribution in [0, 0.1) is 5.92 Å². The van der Waals surface area contributed by atoms with E-state index < -0.39 is 38.9 Å². The summed E-state index contributed by atoms with van der Waals surface area (Å²) >= 11 is 12.6. The molecule has 0 unspecified atom stereocenters. The van der Waals surface area contributed by atoms with E-state index >= 15 is 0 Å². The first-order valence-corrected chi connectivity index (χ1v) is 15.5. The molecule has 3 N–H and O–H groups in total. The van der Waals surface area contributed by atoms with Gasteiger partial charge in [0.25, 0.3) is 5.91 Å². The monoisotopic (exact) mass is 592 g/mol. The first-order valence-electron chi connectivity index (χ1n) is 13.1. The van der Waals surface area contributed by atoms with Crippen LogP contribution in [0.3, 0.4) is 0 Å². The van der Waals surface area contributed by atoms with E-state index in [4.69, 9.17) is 27.9 Å². The van der Waals surface area contributed by atoms with Crippen molar-refractivity contribution in [3.05, 3.63) is 81.6 Å². The average molecular weight is 594 g/mol. The quantitative estimate of drug-likeness (QED) is 0.403. The number of amides is 1. The molecule has 2 aliphatic heterocycles. The van der Waals surface area contributed by atoms with Gasteiger partial charge < -0.3 is 20.5 Å². The van der Waals surface area contributed by atoms with Gasteiger partial charge in [-0.15, -0.1) is 0 Å². The zero-order chi connectivity index (χ0) is 27.9. The molecule has 39 heavy (non-hydrogen) atoms. The molecule has 1 aliphatic carbocycles. The Morgan fingerprint density at radius 1 is 1.05 bits per heavy atom. The molecule has 2 aromatic rings. The average Bonchev–Trinajstić information content (AvgIpc) is 3.59. The van der Waals surface area contributed by atoms with Crippen molar-refractivity contribution in [2.75, 3.05) is 5.75 Å². The molecule has 1 saturated carbocycles. The van der Waals surface area contributed by atoms with Crippen molar-refractivity contribution in [3.63, 3.8) is 0 Å². The summed E-state index contributed by atoms with van der Waals surface area (Å²) in [5.74, 6) is -0.258. The van der Waals surface area contributed by atoms with Crippen LogP contribution in [0.1, 0.15) is 63.3 Å². The van der Waals surface area contributed by atoms with E-state index in [1.54, 1.807) is 50.1 Å². The number of carbonyl (C=O) groups excluding carboxylic acids is 1. The van der Waals surface area contributed by atoms with Gasteiger partial charge in [-0.05, 0) is 74.9 Å². The SMILES string of the molecule is CC(C)(C)S(=O)(=O)C[C@H](C1CC1)N1C(=O)[C@@H](CC2=CNNN2)O[C@H](c2cccc(Cl)c2)[C@H]1c1ccc(Cl)cc1. The summed E-state index contributed by atoms with van der Waals surface area (Å²) in [6.45, 7) is 5.12. The Morgan fingerprint density at radius 3 is 2.36 bits per heavy atom. The van der Waals surface area contributed by atoms with Crippen LogP contribution < -0.4 is 16.4 Å². The van der Waals surface area contributed by atoms with Gasteiger partial charge in [0, 0.05) is 34.4 Å². The molecule has 4 atom stereocenters. The highest BCUT2D eigenvalue weighted by Gasteiger charge is 2.52. The first-order chi connectivity index (χ1) is 18.4. The van der Waals surface area contributed by atoms with Crippen molar-refractivity contribution in [1.29, 1.82) is 0 Å². The van der Waals surface area contributed by atoms with E-state index in [1.165, 1.54) is 0 Å². The molecule has 2 fully saturated rings. The molecule has 11 heteroatoms. The molecule has 0 radical (unpaired) electrons. The second-order valence-electron chi connectivity index (χ2n) is 11.4. The molecule has 8 nitrogen and oxygen atoms in total. The highest BCUT2D eigenvalue weighted by molar-refractivity contribution is 7.92. The highest BCUT2D eigenvalue weighted by atomic mass is 35.5. The lowest BCUT2D eigenvalue weighted by Crippen LogP contribution is -2.58. The lowest BCUT2D eigenvalue weighted by Gasteiger charge is -2.48. The molecular formula is C28H34Cl2N4O4S. The molecule has 0 spiro atoms. The maximum atomic E-state index is 14.4. The van der Waals surface area contributed by atoms with Gasteiger partial charge in [-0.3, -0.25) is 4.79 Å². The van der Waals surface area contributed by atoms with Gasteiger partial charge in [0.15, 0.2) is 9.84 Å². The predicted molar refractivity (Wildman–Crippen MR) is 152 cm³/mol. The van der Waals surface area contributed by atoms with E-state index in [2.05, 4.69) is 16.4 Å². The summed E-state index contributed by atoms with van der Waals surface area (Å²) in [6.07, 6.45) is 2.34. The number of halogens is 2. The van der Waals surface area contributed by atoms with E-state index in [1.807, 2.05) is 30.3 Å². The summed E-state index contributed by atoms with van der Waals surface area (Å²) in [7, 11) is -3.54. The maximum Gasteiger partial charge on any atom is 0.253 e. The fourth-order valence-electron chi connectivity index (χ4n) is 5.19. The Labute approximate surface area is 239 Å². The molecule has 2 aromatic carbocycles. The number of benzene rings is 2. The number of sulfone groups is 1. The van der Waals surface area contributed by atoms with Crippen LogP contribution >= 0.6 is 23.2 Å². The first kappa shape index (κ1) is 28.2. The third-order valence-electron chi connectivity index (χ3n) is 7.61. The summed E-state index contributed by atoms with van der Waals surface area (Å²) in [5.41, 5.74) is 11.0. The Morgan fingerprint density at radius 2 is 1.77 bits per heavy atom. The van der Waals surface area contributed by atoms with Gasteiger partial charge in [0.2, 0.25) is 0 Å². The number of hydrazine groups is 2. The van der Waals surface area contributed by atoms with E-state index in [0.29, 0.717) is 10.0 Å². The van der Waals surface area contributed by atoms with Crippen LogP contribution in [0.4, 0.5) is 0 Å². The number of nitrogens with zero attached hydrogens (tertiary/aromatic N) is 1. The highest BCUT2D eigenvalue weighted by Crippen LogP contribution is 2.48. The summed E-state index contributed by atoms with van der Waals surface area (Å²) < 4.78 is 32.8. The zero-order valence-electron chi connectivity index (χ0n) is 22.2. The summed E-state index contributed by atoms with van der Waals surface area (Å²) in [4.78, 5) is 16.2. The van der Waals surface area contributed by atoms with Gasteiger partial charge in [-0.2, -0.15) is 5.53 Å². The minimum absolute atomic E-state index is 0.0896. The van der Waals surface area contributed by atoms with Crippen molar-refractivity contribution < 1.29 is 17.9 Å². The number of hydrogen-bond acceptors (Lipinski definition) is 7. The fourth-order valence-corrected chi connectivity index (χ4v) is 6.90. The van der Waals surface area contributed by atoms with Crippen molar-refractivity contribution in [3.8, 4) is 0 Å². The second-order valence-corrected chi connectivity index (χ2v) is 15.1. The molecular weight excluding hydrogens is 559 g/mol. The molecule has 1 saturated heterocycles. The second kappa shape index (κ2) is 10.9. The van der Waals surface area contributed by atoms with Crippen molar-refractivity contribution in [1.82, 2.24) is 21.3 Å². The molecule has 0 bridgehead atoms. The van der Waals surface area contributed by atoms with Crippen molar-refractivity contribution in [2.45, 2.75) is 69.1 Å². The molecule has 0 aromatic heterocycles. The Hall–Kier alpha value is -2.30. The predicted octanol–water partition coefficient (Wildman–Crippen LogP) is 4.84. The van der Waals surface area contributed by atoms with E-state index in [-0.39, 0.29) is 24.0 Å². The Balaban J connectivity index is 1.65. The zero-order valence-corrected chi connectivity index (χ0v) is 24.5. The minimum atomic E-state index is -3.54. The number of hydrogen-bond donors (Lipinski definition) is 3. The Bertz CT molecular complexity index is 1360. The Kier molecular flexibility index (Phi) is 7.92. The van der Waals surface area contributed by atoms with Crippen LogP contribution in [0.2, 0.25) is 10.0 Å². The van der Waals surface area contributed by atoms with Gasteiger partial charge in [0.1, 0.15) is 12.2 Å². The number of ether oxygens (including phenoxy) is 1. The topological polar surface area (TPSA) is 99.8 Å². The number of carbonyl (C=O) groups is 1. The normalized spacial score (nSPS) is 24.6. The molecule has 5 rings (SSSR count). The van der Waals surface area contributed by atoms with Gasteiger partial charge in [-0.1, -0.05) is 47.5 Å². The van der Waals surface area contributed by atoms with Crippen molar-refractivity contribution in [2.24, 2.45) is 5.92 Å². The summed E-state index contributed by atoms with van der Waals surface area (Å²) in [6, 6.07) is 13.7. The fraction of sp³-hybridized carbons (Fsp3) is 0.464. The van der Waals surface area contributed by atoms with Crippen molar-refractivity contribution >= 4 is 38.9 Å². The third kappa shape index (κ3) is 6.07. The standard InChI is InChI=1S/C28H34Cl2N4O4S/c1-28(2,3)39(36,37)16-23(17-7-8-17)34-25(18-9-11-20(29)12-10-18)26(19-5-4-6-21(30)13-19)38-24(27(34)35)14-22-15-31-33-32-22/h4-6,9-13,15,17,23-26,31-33H,7-8,14,16H2,1-3H3/t23-,24-,25-,26-/m1/s1. The van der Waals surface area contributed by atoms with Gasteiger partial charge in [0.05, 0.1) is 16.5 Å². The van der Waals surface area contributed by atoms with E-state index in [0.717, 1.165) is 29.7 Å². The number of morpholine rings is 1. The number of rotatable bonds is 8. The molecule has 210 valence electrons. The largest absolute Gasteiger partial charge is 0.358 e. The van der Waals surface area contributed by atoms with Crippen LogP contribution in [0.15, 0.2) is 60.4 Å². The van der Waals surface area contributed by atoms with E-state index in [9.17, 15) is 13.2 Å². The number of nitrogens with one attached hydrogen (secondary N) is 3. The van der Waals surface area contributed by atoms with Crippen LogP contribution in [0.5, 0.6) is 0 Å². The van der Waals surface area contributed by atoms with Gasteiger partial charge in [-0.25, -0.2) is 8.42 Å². The lowest BCUT2D eigenvalue weighted by molar-refractivity contribution is -0.179. The summed E-state index contributed by atoms with van der Waals surface area (Å²) in [5, 5.41) is 1.12. The molecule has 3 aliphatic rings. The van der Waals surface area contributed by atoms with Crippen LogP contribution in [0.25, 0.3) is 0 Å². The molecule has 1 amide bonds. The third-order valence-corrected chi connectivity index (χ3v) is 10.7. The van der Waals surface area contributed by atoms with Crippen LogP contribution in [-0.4, -0.2) is 41.9 Å². The lowest BCUT2D eigenvalue weighted by atomic mass is 9.89. The van der Waals surface area contributed by atoms with Gasteiger partial charge >= 0.3 is 0 Å². The van der Waals surface area contributed by atoms with Crippen LogP contribution in [-0.2, 0) is 19.4 Å².